The van der Waals surface area contributed by atoms with Gasteiger partial charge in [-0.2, -0.15) is 0 Å². The molecule has 0 aliphatic rings. The van der Waals surface area contributed by atoms with Crippen molar-refractivity contribution in [3.05, 3.63) is 0 Å². The van der Waals surface area contributed by atoms with Crippen LogP contribution in [0.4, 0.5) is 0 Å². The van der Waals surface area contributed by atoms with Gasteiger partial charge in [-0.1, -0.05) is 233 Å². The molecule has 0 rings (SSSR count). The van der Waals surface area contributed by atoms with Gasteiger partial charge in [-0.25, -0.2) is 0 Å². The fourth-order valence-electron chi connectivity index (χ4n) is 7.10. The van der Waals surface area contributed by atoms with Crippen LogP contribution >= 0.6 is 0 Å². The Morgan fingerprint density at radius 2 is 0.635 bits per heavy atom. The average Bonchev–Trinajstić information content (AvgIpc) is 3.14. The fraction of sp³-hybridized carbons (Fsp3) is 0.957. The molecule has 0 aliphatic heterocycles. The smallest absolute Gasteiger partial charge is 0.306 e. The van der Waals surface area contributed by atoms with Gasteiger partial charge in [0.15, 0.2) is 6.10 Å². The summed E-state index contributed by atoms with van der Waals surface area (Å²) in [5.41, 5.74) is 0. The van der Waals surface area contributed by atoms with E-state index in [4.69, 9.17) is 14.2 Å². The van der Waals surface area contributed by atoms with E-state index in [0.29, 0.717) is 26.1 Å². The summed E-state index contributed by atoms with van der Waals surface area (Å²) in [6.07, 6.45) is 46.8. The van der Waals surface area contributed by atoms with Crippen LogP contribution in [0.15, 0.2) is 0 Å². The minimum Gasteiger partial charge on any atom is -0.462 e. The third kappa shape index (κ3) is 41.7. The highest BCUT2D eigenvalue weighted by Crippen LogP contribution is 2.16. The monoisotopic (exact) mass is 737 g/mol. The summed E-state index contributed by atoms with van der Waals surface area (Å²) in [7, 11) is 0. The third-order valence-electron chi connectivity index (χ3n) is 10.6. The minimum atomic E-state index is -0.520. The van der Waals surface area contributed by atoms with E-state index in [1.807, 2.05) is 0 Å². The lowest BCUT2D eigenvalue weighted by molar-refractivity contribution is -0.163. The standard InChI is InChI=1S/C47H92O5/c1-4-7-10-13-16-18-20-22-24-26-28-30-32-34-37-40-46(48)51-44-45(43-50-42-39-36-15-12-9-6-3)52-47(49)41-38-35-33-31-29-27-25-23-21-19-17-14-11-8-5-2/h45H,4-44H2,1-3H3. The number of esters is 2. The number of carbonyl (C=O) groups is 2. The SMILES string of the molecule is CCCCCCCCCCCCCCCCCC(=O)OCC(COCCCCCCCC)OC(=O)CCCCCCCCCCCCCCCCC. The van der Waals surface area contributed by atoms with Gasteiger partial charge in [-0.15, -0.1) is 0 Å². The maximum Gasteiger partial charge on any atom is 0.306 e. The molecule has 0 heterocycles. The van der Waals surface area contributed by atoms with Crippen molar-refractivity contribution in [2.75, 3.05) is 19.8 Å². The molecule has 0 N–H and O–H groups in total. The van der Waals surface area contributed by atoms with Gasteiger partial charge >= 0.3 is 11.9 Å². The highest BCUT2D eigenvalue weighted by atomic mass is 16.6. The molecule has 0 aromatic rings. The van der Waals surface area contributed by atoms with E-state index < -0.39 is 6.10 Å². The molecule has 52 heavy (non-hydrogen) atoms. The van der Waals surface area contributed by atoms with E-state index >= 15 is 0 Å². The van der Waals surface area contributed by atoms with Crippen LogP contribution in [0.25, 0.3) is 0 Å². The van der Waals surface area contributed by atoms with E-state index in [9.17, 15) is 9.59 Å². The van der Waals surface area contributed by atoms with Crippen LogP contribution in [0.1, 0.15) is 265 Å². The molecule has 0 saturated heterocycles. The first-order valence-electron chi connectivity index (χ1n) is 23.6. The van der Waals surface area contributed by atoms with Gasteiger partial charge in [0.05, 0.1) is 6.61 Å². The molecule has 1 atom stereocenters. The van der Waals surface area contributed by atoms with Crippen molar-refractivity contribution in [2.45, 2.75) is 271 Å². The second kappa shape index (κ2) is 44.3. The van der Waals surface area contributed by atoms with Crippen LogP contribution in [-0.2, 0) is 23.8 Å². The van der Waals surface area contributed by atoms with Crippen LogP contribution in [0.2, 0.25) is 0 Å². The van der Waals surface area contributed by atoms with Crippen LogP contribution in [0.5, 0.6) is 0 Å². The summed E-state index contributed by atoms with van der Waals surface area (Å²) in [6.45, 7) is 7.85. The number of hydrogen-bond acceptors (Lipinski definition) is 5. The van der Waals surface area contributed by atoms with E-state index in [1.165, 1.54) is 193 Å². The first-order chi connectivity index (χ1) is 25.6. The lowest BCUT2D eigenvalue weighted by atomic mass is 10.0. The Hall–Kier alpha value is -1.10. The zero-order valence-electron chi connectivity index (χ0n) is 35.6. The zero-order valence-corrected chi connectivity index (χ0v) is 35.6. The topological polar surface area (TPSA) is 61.8 Å². The van der Waals surface area contributed by atoms with Gasteiger partial charge in [-0.05, 0) is 19.3 Å². The Labute approximate surface area is 325 Å². The van der Waals surface area contributed by atoms with E-state index in [0.717, 1.165) is 38.5 Å². The maximum atomic E-state index is 12.7. The molecule has 0 aromatic heterocycles. The molecular weight excluding hydrogens is 645 g/mol. The molecule has 0 saturated carbocycles. The van der Waals surface area contributed by atoms with Gasteiger partial charge < -0.3 is 14.2 Å². The van der Waals surface area contributed by atoms with Gasteiger partial charge in [0, 0.05) is 19.4 Å². The molecule has 310 valence electrons. The molecular formula is C47H92O5. The Balaban J connectivity index is 4.04. The Morgan fingerprint density at radius 1 is 0.346 bits per heavy atom. The molecule has 5 heteroatoms. The summed E-state index contributed by atoms with van der Waals surface area (Å²) in [4.78, 5) is 25.2. The van der Waals surface area contributed by atoms with Crippen molar-refractivity contribution < 1.29 is 23.8 Å². The predicted octanol–water partition coefficient (Wildman–Crippen LogP) is 15.3. The minimum absolute atomic E-state index is 0.0959. The van der Waals surface area contributed by atoms with Crippen LogP contribution in [0.3, 0.4) is 0 Å². The zero-order chi connectivity index (χ0) is 37.8. The molecule has 0 radical (unpaired) electrons. The van der Waals surface area contributed by atoms with Crippen LogP contribution in [-0.4, -0.2) is 37.9 Å². The highest BCUT2D eigenvalue weighted by molar-refractivity contribution is 5.70. The predicted molar refractivity (Wildman–Crippen MR) is 224 cm³/mol. The van der Waals surface area contributed by atoms with Gasteiger partial charge in [0.1, 0.15) is 6.61 Å². The Morgan fingerprint density at radius 3 is 0.981 bits per heavy atom. The molecule has 0 aliphatic carbocycles. The number of ether oxygens (including phenoxy) is 3. The molecule has 0 spiro atoms. The van der Waals surface area contributed by atoms with Crippen molar-refractivity contribution >= 4 is 11.9 Å². The number of unbranched alkanes of at least 4 members (excludes halogenated alkanes) is 33. The lowest BCUT2D eigenvalue weighted by Crippen LogP contribution is -2.30. The number of rotatable bonds is 44. The Bertz CT molecular complexity index is 710. The Kier molecular flexibility index (Phi) is 43.4. The van der Waals surface area contributed by atoms with E-state index in [1.54, 1.807) is 0 Å². The second-order valence-corrected chi connectivity index (χ2v) is 16.0. The molecule has 0 bridgehead atoms. The van der Waals surface area contributed by atoms with E-state index in [-0.39, 0.29) is 18.5 Å². The van der Waals surface area contributed by atoms with Gasteiger partial charge in [0.25, 0.3) is 0 Å². The first-order valence-corrected chi connectivity index (χ1v) is 23.6. The van der Waals surface area contributed by atoms with Crippen molar-refractivity contribution in [2.24, 2.45) is 0 Å². The van der Waals surface area contributed by atoms with E-state index in [2.05, 4.69) is 20.8 Å². The lowest BCUT2D eigenvalue weighted by Gasteiger charge is -2.18. The maximum absolute atomic E-state index is 12.7. The van der Waals surface area contributed by atoms with Crippen LogP contribution < -0.4 is 0 Å². The molecule has 5 nitrogen and oxygen atoms in total. The summed E-state index contributed by atoms with van der Waals surface area (Å²) in [6, 6.07) is 0. The van der Waals surface area contributed by atoms with Crippen molar-refractivity contribution in [3.8, 4) is 0 Å². The summed E-state index contributed by atoms with van der Waals surface area (Å²) in [5, 5.41) is 0. The highest BCUT2D eigenvalue weighted by Gasteiger charge is 2.17. The molecule has 1 unspecified atom stereocenters. The second-order valence-electron chi connectivity index (χ2n) is 16.0. The summed E-state index contributed by atoms with van der Waals surface area (Å²) in [5.74, 6) is -0.379. The number of hydrogen-bond donors (Lipinski definition) is 0. The molecule has 0 fully saturated rings. The van der Waals surface area contributed by atoms with Crippen molar-refractivity contribution in [1.29, 1.82) is 0 Å². The largest absolute Gasteiger partial charge is 0.462 e. The molecule has 0 aromatic carbocycles. The average molecular weight is 737 g/mol. The summed E-state index contributed by atoms with van der Waals surface area (Å²) < 4.78 is 17.2. The van der Waals surface area contributed by atoms with Crippen molar-refractivity contribution in [3.63, 3.8) is 0 Å². The quantitative estimate of drug-likeness (QED) is 0.0460. The van der Waals surface area contributed by atoms with Gasteiger partial charge in [0.2, 0.25) is 0 Å². The van der Waals surface area contributed by atoms with Gasteiger partial charge in [-0.3, -0.25) is 9.59 Å². The van der Waals surface area contributed by atoms with Crippen LogP contribution in [0, 0.1) is 0 Å². The summed E-state index contributed by atoms with van der Waals surface area (Å²) >= 11 is 0. The normalized spacial score (nSPS) is 12.0. The number of carbonyl (C=O) groups excluding carboxylic acids is 2. The third-order valence-corrected chi connectivity index (χ3v) is 10.6. The molecule has 0 amide bonds. The fourth-order valence-corrected chi connectivity index (χ4v) is 7.10. The first kappa shape index (κ1) is 50.9. The van der Waals surface area contributed by atoms with Crippen molar-refractivity contribution in [1.82, 2.24) is 0 Å².